The Labute approximate surface area is 186 Å². The van der Waals surface area contributed by atoms with E-state index in [0.29, 0.717) is 12.8 Å². The average molecular weight is 434 g/mol. The minimum atomic E-state index is -0.587. The SMILES string of the molecule is CCCCCCCCCc1cc(/C=N/NC(=O)CCCCCCC)c(O)c([N+](=O)[O-])c1. The predicted octanol–water partition coefficient (Wildman–Crippen LogP) is 6.40. The number of phenols is 1. The number of hydrogen-bond acceptors (Lipinski definition) is 5. The number of phenolic OH excluding ortho intramolecular Hbond substituents is 1. The molecule has 1 aromatic carbocycles. The first-order valence-electron chi connectivity index (χ1n) is 11.8. The molecule has 0 aliphatic carbocycles. The van der Waals surface area contributed by atoms with Crippen LogP contribution in [-0.4, -0.2) is 22.2 Å². The number of hydrazone groups is 1. The number of nitro groups is 1. The van der Waals surface area contributed by atoms with Crippen molar-refractivity contribution in [1.82, 2.24) is 5.43 Å². The molecule has 0 heterocycles. The van der Waals surface area contributed by atoms with E-state index in [0.717, 1.165) is 44.1 Å². The maximum absolute atomic E-state index is 11.9. The maximum atomic E-state index is 11.9. The van der Waals surface area contributed by atoms with Gasteiger partial charge in [0.25, 0.3) is 0 Å². The lowest BCUT2D eigenvalue weighted by Gasteiger charge is -2.07. The fourth-order valence-corrected chi connectivity index (χ4v) is 3.49. The van der Waals surface area contributed by atoms with Crippen molar-refractivity contribution in [2.45, 2.75) is 104 Å². The van der Waals surface area contributed by atoms with Crippen molar-refractivity contribution in [3.05, 3.63) is 33.4 Å². The summed E-state index contributed by atoms with van der Waals surface area (Å²) in [6, 6.07) is 3.14. The number of unbranched alkanes of at least 4 members (excludes halogenated alkanes) is 10. The zero-order valence-electron chi connectivity index (χ0n) is 19.2. The molecule has 0 aliphatic rings. The van der Waals surface area contributed by atoms with E-state index >= 15 is 0 Å². The summed E-state index contributed by atoms with van der Waals surface area (Å²) >= 11 is 0. The van der Waals surface area contributed by atoms with Crippen LogP contribution in [-0.2, 0) is 11.2 Å². The highest BCUT2D eigenvalue weighted by atomic mass is 16.6. The lowest BCUT2D eigenvalue weighted by molar-refractivity contribution is -0.385. The summed E-state index contributed by atoms with van der Waals surface area (Å²) in [5.74, 6) is -0.619. The fraction of sp³-hybridized carbons (Fsp3) is 0.667. The van der Waals surface area contributed by atoms with Crippen LogP contribution in [0.2, 0.25) is 0 Å². The van der Waals surface area contributed by atoms with Gasteiger partial charge in [0.1, 0.15) is 0 Å². The van der Waals surface area contributed by atoms with Crippen LogP contribution in [0.3, 0.4) is 0 Å². The lowest BCUT2D eigenvalue weighted by atomic mass is 10.0. The molecule has 1 rings (SSSR count). The van der Waals surface area contributed by atoms with E-state index < -0.39 is 10.7 Å². The molecule has 0 atom stereocenters. The molecule has 0 bridgehead atoms. The largest absolute Gasteiger partial charge is 0.502 e. The topological polar surface area (TPSA) is 105 Å². The van der Waals surface area contributed by atoms with Crippen LogP contribution in [0.1, 0.15) is 108 Å². The van der Waals surface area contributed by atoms with Gasteiger partial charge < -0.3 is 5.11 Å². The molecule has 31 heavy (non-hydrogen) atoms. The van der Waals surface area contributed by atoms with Crippen LogP contribution >= 0.6 is 0 Å². The van der Waals surface area contributed by atoms with E-state index in [4.69, 9.17) is 0 Å². The third kappa shape index (κ3) is 11.5. The van der Waals surface area contributed by atoms with Crippen molar-refractivity contribution in [1.29, 1.82) is 0 Å². The number of nitrogens with one attached hydrogen (secondary N) is 1. The summed E-state index contributed by atoms with van der Waals surface area (Å²) in [5.41, 5.74) is 3.15. The third-order valence-corrected chi connectivity index (χ3v) is 5.35. The van der Waals surface area contributed by atoms with Crippen LogP contribution in [0.4, 0.5) is 5.69 Å². The third-order valence-electron chi connectivity index (χ3n) is 5.35. The van der Waals surface area contributed by atoms with Gasteiger partial charge in [-0.15, -0.1) is 0 Å². The standard InChI is InChI=1S/C24H39N3O4/c1-3-5-7-9-10-12-13-15-20-17-21(24(29)22(18-20)27(30)31)19-25-26-23(28)16-14-11-8-6-4-2/h17-19,29H,3-16H2,1-2H3,(H,26,28)/b25-19+. The highest BCUT2D eigenvalue weighted by Crippen LogP contribution is 2.31. The maximum Gasteiger partial charge on any atom is 0.311 e. The van der Waals surface area contributed by atoms with Gasteiger partial charge in [-0.3, -0.25) is 14.9 Å². The normalized spacial score (nSPS) is 11.2. The molecule has 7 heteroatoms. The van der Waals surface area contributed by atoms with Gasteiger partial charge in [-0.2, -0.15) is 5.10 Å². The molecule has 1 aromatic rings. The molecule has 0 radical (unpaired) electrons. The Morgan fingerprint density at radius 3 is 2.19 bits per heavy atom. The molecule has 2 N–H and O–H groups in total. The molecular formula is C24H39N3O4. The number of aryl methyl sites for hydroxylation is 1. The number of carbonyl (C=O) groups is 1. The van der Waals surface area contributed by atoms with Crippen molar-refractivity contribution in [3.8, 4) is 5.75 Å². The first-order valence-corrected chi connectivity index (χ1v) is 11.8. The van der Waals surface area contributed by atoms with Gasteiger partial charge in [-0.1, -0.05) is 78.1 Å². The summed E-state index contributed by atoms with van der Waals surface area (Å²) in [4.78, 5) is 22.6. The van der Waals surface area contributed by atoms with Gasteiger partial charge in [-0.05, 0) is 30.9 Å². The van der Waals surface area contributed by atoms with E-state index in [1.54, 1.807) is 6.07 Å². The molecule has 7 nitrogen and oxygen atoms in total. The number of rotatable bonds is 17. The van der Waals surface area contributed by atoms with Crippen molar-refractivity contribution >= 4 is 17.8 Å². The van der Waals surface area contributed by atoms with E-state index in [1.807, 2.05) is 0 Å². The van der Waals surface area contributed by atoms with Crippen LogP contribution in [0.25, 0.3) is 0 Å². The zero-order valence-corrected chi connectivity index (χ0v) is 19.2. The predicted molar refractivity (Wildman–Crippen MR) is 126 cm³/mol. The number of benzene rings is 1. The molecule has 0 unspecified atom stereocenters. The molecular weight excluding hydrogens is 394 g/mol. The molecule has 1 amide bonds. The van der Waals surface area contributed by atoms with Gasteiger partial charge in [0.15, 0.2) is 0 Å². The van der Waals surface area contributed by atoms with Crippen molar-refractivity contribution < 1.29 is 14.8 Å². The molecule has 0 saturated carbocycles. The smallest absolute Gasteiger partial charge is 0.311 e. The van der Waals surface area contributed by atoms with E-state index in [-0.39, 0.29) is 17.2 Å². The minimum Gasteiger partial charge on any atom is -0.502 e. The molecule has 174 valence electrons. The zero-order chi connectivity index (χ0) is 22.9. The van der Waals surface area contributed by atoms with Gasteiger partial charge in [0.05, 0.1) is 11.1 Å². The van der Waals surface area contributed by atoms with E-state index in [2.05, 4.69) is 24.4 Å². The van der Waals surface area contributed by atoms with E-state index in [1.165, 1.54) is 50.8 Å². The Kier molecular flexibility index (Phi) is 14.0. The lowest BCUT2D eigenvalue weighted by Crippen LogP contribution is -2.17. The number of nitrogens with zero attached hydrogens (tertiary/aromatic N) is 2. The van der Waals surface area contributed by atoms with Gasteiger partial charge in [0, 0.05) is 18.1 Å². The highest BCUT2D eigenvalue weighted by Gasteiger charge is 2.18. The summed E-state index contributed by atoms with van der Waals surface area (Å²) in [5, 5.41) is 25.4. The van der Waals surface area contributed by atoms with Crippen LogP contribution < -0.4 is 5.43 Å². The van der Waals surface area contributed by atoms with Gasteiger partial charge in [-0.25, -0.2) is 5.43 Å². The summed E-state index contributed by atoms with van der Waals surface area (Å²) < 4.78 is 0. The minimum absolute atomic E-state index is 0.194. The Morgan fingerprint density at radius 2 is 1.58 bits per heavy atom. The number of nitro benzene ring substituents is 1. The van der Waals surface area contributed by atoms with Gasteiger partial charge >= 0.3 is 5.69 Å². The Bertz CT molecular complexity index is 704. The van der Waals surface area contributed by atoms with Crippen LogP contribution in [0.15, 0.2) is 17.2 Å². The van der Waals surface area contributed by atoms with Crippen LogP contribution in [0, 0.1) is 10.1 Å². The van der Waals surface area contributed by atoms with Crippen LogP contribution in [0.5, 0.6) is 5.75 Å². The number of hydrogen-bond donors (Lipinski definition) is 2. The summed E-state index contributed by atoms with van der Waals surface area (Å²) in [7, 11) is 0. The average Bonchev–Trinajstić information content (AvgIpc) is 2.74. The Hall–Kier alpha value is -2.44. The number of carbonyl (C=O) groups excluding carboxylic acids is 1. The molecule has 0 aromatic heterocycles. The first-order chi connectivity index (χ1) is 15.0. The van der Waals surface area contributed by atoms with Crippen molar-refractivity contribution in [2.75, 3.05) is 0 Å². The quantitative estimate of drug-likeness (QED) is 0.128. The second-order valence-electron chi connectivity index (χ2n) is 8.14. The van der Waals surface area contributed by atoms with E-state index in [9.17, 15) is 20.0 Å². The molecule has 0 saturated heterocycles. The first kappa shape index (κ1) is 26.6. The second-order valence-corrected chi connectivity index (χ2v) is 8.14. The molecule has 0 spiro atoms. The summed E-state index contributed by atoms with van der Waals surface area (Å²) in [6.07, 6.45) is 15.8. The van der Waals surface area contributed by atoms with Crippen molar-refractivity contribution in [3.63, 3.8) is 0 Å². The fourth-order valence-electron chi connectivity index (χ4n) is 3.49. The Morgan fingerprint density at radius 1 is 1.00 bits per heavy atom. The number of aromatic hydroxyl groups is 1. The highest BCUT2D eigenvalue weighted by molar-refractivity contribution is 5.87. The van der Waals surface area contributed by atoms with Gasteiger partial charge in [0.2, 0.25) is 11.7 Å². The number of amides is 1. The van der Waals surface area contributed by atoms with Crippen molar-refractivity contribution in [2.24, 2.45) is 5.10 Å². The Balaban J connectivity index is 2.60. The molecule has 0 fully saturated rings. The summed E-state index contributed by atoms with van der Waals surface area (Å²) in [6.45, 7) is 4.34. The monoisotopic (exact) mass is 433 g/mol. The second kappa shape index (κ2) is 16.3. The molecule has 0 aliphatic heterocycles.